The first-order valence-corrected chi connectivity index (χ1v) is 6.56. The Hall–Kier alpha value is -2.56. The summed E-state index contributed by atoms with van der Waals surface area (Å²) in [5.74, 6) is 0.147. The van der Waals surface area contributed by atoms with Gasteiger partial charge in [-0.25, -0.2) is 0 Å². The molecule has 108 valence electrons. The number of ether oxygens (including phenoxy) is 1. The van der Waals surface area contributed by atoms with Crippen molar-refractivity contribution in [3.05, 3.63) is 60.3 Å². The van der Waals surface area contributed by atoms with Crippen LogP contribution in [0.4, 0.5) is 14.5 Å². The van der Waals surface area contributed by atoms with Gasteiger partial charge in [0.15, 0.2) is 0 Å². The molecule has 0 saturated carbocycles. The summed E-state index contributed by atoms with van der Waals surface area (Å²) in [6, 6.07) is 14.7. The van der Waals surface area contributed by atoms with E-state index in [-0.39, 0.29) is 5.75 Å². The number of aromatic nitrogens is 1. The maximum atomic E-state index is 12.3. The molecule has 0 unspecified atom stereocenters. The maximum Gasteiger partial charge on any atom is 0.387 e. The Morgan fingerprint density at radius 2 is 1.95 bits per heavy atom. The van der Waals surface area contributed by atoms with Crippen LogP contribution in [0.2, 0.25) is 0 Å². The molecule has 1 aromatic heterocycles. The number of halogens is 2. The molecule has 2 N–H and O–H groups in total. The maximum absolute atomic E-state index is 12.3. The molecule has 0 amide bonds. The second kappa shape index (κ2) is 5.83. The van der Waals surface area contributed by atoms with Gasteiger partial charge in [0, 0.05) is 18.3 Å². The molecule has 3 rings (SSSR count). The van der Waals surface area contributed by atoms with Crippen LogP contribution in [0, 0.1) is 0 Å². The normalized spacial score (nSPS) is 11.0. The minimum absolute atomic E-state index is 0.147. The van der Waals surface area contributed by atoms with Gasteiger partial charge < -0.3 is 15.0 Å². The van der Waals surface area contributed by atoms with Crippen molar-refractivity contribution in [1.29, 1.82) is 0 Å². The smallest absolute Gasteiger partial charge is 0.387 e. The van der Waals surface area contributed by atoms with Crippen LogP contribution in [0.3, 0.4) is 0 Å². The predicted octanol–water partition coefficient (Wildman–Crippen LogP) is 4.38. The zero-order valence-corrected chi connectivity index (χ0v) is 11.1. The third kappa shape index (κ3) is 3.13. The quantitative estimate of drug-likeness (QED) is 0.731. The topological polar surface area (TPSA) is 37.0 Å². The van der Waals surface area contributed by atoms with Gasteiger partial charge >= 0.3 is 6.61 Å². The lowest BCUT2D eigenvalue weighted by atomic mass is 10.1. The van der Waals surface area contributed by atoms with Crippen LogP contribution in [-0.4, -0.2) is 11.6 Å². The summed E-state index contributed by atoms with van der Waals surface area (Å²) in [5, 5.41) is 4.26. The Labute approximate surface area is 120 Å². The highest BCUT2D eigenvalue weighted by Gasteiger charge is 2.08. The summed E-state index contributed by atoms with van der Waals surface area (Å²) >= 11 is 0. The van der Waals surface area contributed by atoms with Crippen LogP contribution in [0.15, 0.2) is 54.7 Å². The van der Waals surface area contributed by atoms with Gasteiger partial charge in [-0.2, -0.15) is 8.78 Å². The minimum atomic E-state index is -2.83. The van der Waals surface area contributed by atoms with Crippen LogP contribution in [0.5, 0.6) is 5.75 Å². The van der Waals surface area contributed by atoms with Crippen molar-refractivity contribution in [3.8, 4) is 5.75 Å². The lowest BCUT2D eigenvalue weighted by Crippen LogP contribution is -2.06. The largest absolute Gasteiger partial charge is 0.433 e. The lowest BCUT2D eigenvalue weighted by Gasteiger charge is -2.12. The van der Waals surface area contributed by atoms with Gasteiger partial charge in [-0.3, -0.25) is 0 Å². The molecule has 0 saturated heterocycles. The Bertz CT molecular complexity index is 740. The molecule has 2 aromatic carbocycles. The van der Waals surface area contributed by atoms with E-state index in [0.29, 0.717) is 12.2 Å². The molecule has 0 bridgehead atoms. The number of benzene rings is 2. The van der Waals surface area contributed by atoms with E-state index in [4.69, 9.17) is 0 Å². The molecule has 0 atom stereocenters. The number of aromatic amines is 1. The molecule has 0 aliphatic carbocycles. The summed E-state index contributed by atoms with van der Waals surface area (Å²) in [6.07, 6.45) is 1.88. The highest BCUT2D eigenvalue weighted by Crippen LogP contribution is 2.26. The molecule has 3 aromatic rings. The van der Waals surface area contributed by atoms with Crippen LogP contribution in [-0.2, 0) is 6.54 Å². The van der Waals surface area contributed by atoms with Gasteiger partial charge in [-0.15, -0.1) is 0 Å². The SMILES string of the molecule is FC(F)Oc1ccccc1NCc1ccc2cc[nH]c2c1. The van der Waals surface area contributed by atoms with E-state index in [2.05, 4.69) is 15.0 Å². The fourth-order valence-electron chi connectivity index (χ4n) is 2.21. The molecule has 0 fully saturated rings. The van der Waals surface area contributed by atoms with Gasteiger partial charge in [-0.05, 0) is 35.2 Å². The van der Waals surface area contributed by atoms with Crippen molar-refractivity contribution in [2.45, 2.75) is 13.2 Å². The van der Waals surface area contributed by atoms with E-state index in [0.717, 1.165) is 16.5 Å². The second-order valence-electron chi connectivity index (χ2n) is 4.63. The summed E-state index contributed by atoms with van der Waals surface area (Å²) in [4.78, 5) is 3.14. The molecule has 21 heavy (non-hydrogen) atoms. The third-order valence-corrected chi connectivity index (χ3v) is 3.21. The van der Waals surface area contributed by atoms with Crippen molar-refractivity contribution in [1.82, 2.24) is 4.98 Å². The molecule has 0 spiro atoms. The molecule has 3 nitrogen and oxygen atoms in total. The Balaban J connectivity index is 1.74. The van der Waals surface area contributed by atoms with Crippen molar-refractivity contribution >= 4 is 16.6 Å². The van der Waals surface area contributed by atoms with Gasteiger partial charge in [-0.1, -0.05) is 24.3 Å². The van der Waals surface area contributed by atoms with Crippen LogP contribution in [0.1, 0.15) is 5.56 Å². The van der Waals surface area contributed by atoms with E-state index in [9.17, 15) is 8.78 Å². The number of alkyl halides is 2. The Kier molecular flexibility index (Phi) is 3.73. The van der Waals surface area contributed by atoms with E-state index >= 15 is 0 Å². The molecular weight excluding hydrogens is 274 g/mol. The number of H-pyrrole nitrogens is 1. The third-order valence-electron chi connectivity index (χ3n) is 3.21. The van der Waals surface area contributed by atoms with Crippen molar-refractivity contribution in [2.75, 3.05) is 5.32 Å². The van der Waals surface area contributed by atoms with Crippen LogP contribution in [0.25, 0.3) is 10.9 Å². The summed E-state index contributed by atoms with van der Waals surface area (Å²) in [5.41, 5.74) is 2.65. The fourth-order valence-corrected chi connectivity index (χ4v) is 2.21. The highest BCUT2D eigenvalue weighted by molar-refractivity contribution is 5.79. The Morgan fingerprint density at radius 1 is 1.10 bits per heavy atom. The van der Waals surface area contributed by atoms with Crippen molar-refractivity contribution in [2.24, 2.45) is 0 Å². The molecule has 0 aliphatic heterocycles. The summed E-state index contributed by atoms with van der Waals surface area (Å²) in [6.45, 7) is -2.30. The predicted molar refractivity (Wildman–Crippen MR) is 78.7 cm³/mol. The van der Waals surface area contributed by atoms with Crippen LogP contribution >= 0.6 is 0 Å². The van der Waals surface area contributed by atoms with Crippen LogP contribution < -0.4 is 10.1 Å². The molecule has 0 aliphatic rings. The molecule has 5 heteroatoms. The van der Waals surface area contributed by atoms with E-state index in [1.807, 2.05) is 30.5 Å². The Morgan fingerprint density at radius 3 is 2.81 bits per heavy atom. The van der Waals surface area contributed by atoms with E-state index in [1.54, 1.807) is 18.2 Å². The zero-order chi connectivity index (χ0) is 14.7. The van der Waals surface area contributed by atoms with Gasteiger partial charge in [0.1, 0.15) is 5.75 Å². The fraction of sp³-hybridized carbons (Fsp3) is 0.125. The molecular formula is C16H14F2N2O. The average molecular weight is 288 g/mol. The van der Waals surface area contributed by atoms with Gasteiger partial charge in [0.2, 0.25) is 0 Å². The zero-order valence-electron chi connectivity index (χ0n) is 11.1. The number of para-hydroxylation sites is 2. The van der Waals surface area contributed by atoms with Gasteiger partial charge in [0.05, 0.1) is 5.69 Å². The first kappa shape index (κ1) is 13.4. The van der Waals surface area contributed by atoms with E-state index < -0.39 is 6.61 Å². The average Bonchev–Trinajstić information content (AvgIpc) is 2.93. The number of anilines is 1. The number of fused-ring (bicyclic) bond motifs is 1. The first-order chi connectivity index (χ1) is 10.2. The first-order valence-electron chi connectivity index (χ1n) is 6.56. The molecule has 1 heterocycles. The molecule has 0 radical (unpaired) electrons. The lowest BCUT2D eigenvalue weighted by molar-refractivity contribution is -0.0493. The van der Waals surface area contributed by atoms with Crippen molar-refractivity contribution < 1.29 is 13.5 Å². The minimum Gasteiger partial charge on any atom is -0.433 e. The summed E-state index contributed by atoms with van der Waals surface area (Å²) < 4.78 is 29.2. The number of rotatable bonds is 5. The number of hydrogen-bond acceptors (Lipinski definition) is 2. The number of nitrogens with one attached hydrogen (secondary N) is 2. The van der Waals surface area contributed by atoms with Crippen molar-refractivity contribution in [3.63, 3.8) is 0 Å². The monoisotopic (exact) mass is 288 g/mol. The standard InChI is InChI=1S/C16H14F2N2O/c17-16(18)21-15-4-2-1-3-13(15)20-10-11-5-6-12-7-8-19-14(12)9-11/h1-9,16,19-20H,10H2. The van der Waals surface area contributed by atoms with E-state index in [1.165, 1.54) is 6.07 Å². The second-order valence-corrected chi connectivity index (χ2v) is 4.63. The van der Waals surface area contributed by atoms with Gasteiger partial charge in [0.25, 0.3) is 0 Å². The number of hydrogen-bond donors (Lipinski definition) is 2. The highest BCUT2D eigenvalue weighted by atomic mass is 19.3. The summed E-state index contributed by atoms with van der Waals surface area (Å²) in [7, 11) is 0.